The van der Waals surface area contributed by atoms with Crippen LogP contribution in [0.15, 0.2) is 47.5 Å². The predicted octanol–water partition coefficient (Wildman–Crippen LogP) is 2.55. The van der Waals surface area contributed by atoms with Crippen LogP contribution in [-0.2, 0) is 0 Å². The molecule has 2 heterocycles. The molecule has 3 aromatic rings. The third-order valence-corrected chi connectivity index (χ3v) is 2.63. The quantitative estimate of drug-likeness (QED) is 0.685. The van der Waals surface area contributed by atoms with Crippen molar-refractivity contribution in [1.29, 1.82) is 0 Å². The van der Waals surface area contributed by atoms with E-state index in [1.165, 1.54) is 0 Å². The third kappa shape index (κ3) is 1.49. The van der Waals surface area contributed by atoms with E-state index in [1.54, 1.807) is 16.9 Å². The largest absolute Gasteiger partial charge is 0.259 e. The van der Waals surface area contributed by atoms with Gasteiger partial charge in [-0.15, -0.1) is 5.10 Å². The maximum Gasteiger partial charge on any atom is 0.218 e. The molecule has 0 aliphatic carbocycles. The van der Waals surface area contributed by atoms with Crippen molar-refractivity contribution in [3.63, 3.8) is 0 Å². The first kappa shape index (κ1) is 9.47. The van der Waals surface area contributed by atoms with Crippen LogP contribution in [-0.4, -0.2) is 19.6 Å². The first-order chi connectivity index (χ1) is 7.84. The van der Waals surface area contributed by atoms with Gasteiger partial charge in [-0.1, -0.05) is 30.3 Å². The van der Waals surface area contributed by atoms with Gasteiger partial charge in [0, 0.05) is 5.56 Å². The van der Waals surface area contributed by atoms with Crippen molar-refractivity contribution in [2.45, 2.75) is 0 Å². The van der Waals surface area contributed by atoms with Gasteiger partial charge in [0.25, 0.3) is 0 Å². The Hall–Kier alpha value is -1.75. The van der Waals surface area contributed by atoms with Crippen molar-refractivity contribution in [3.8, 4) is 11.3 Å². The summed E-state index contributed by atoms with van der Waals surface area (Å²) in [6.45, 7) is 0. The maximum absolute atomic E-state index is 4.27. The highest BCUT2D eigenvalue weighted by atomic mass is 79.9. The Bertz CT molecular complexity index is 633. The molecule has 0 saturated carbocycles. The summed E-state index contributed by atoms with van der Waals surface area (Å²) in [5, 5.41) is 4.27. The average Bonchev–Trinajstić information content (AvgIpc) is 2.70. The lowest BCUT2D eigenvalue weighted by Crippen LogP contribution is -1.94. The van der Waals surface area contributed by atoms with Gasteiger partial charge >= 0.3 is 0 Å². The monoisotopic (exact) mass is 274 g/mol. The Morgan fingerprint density at radius 3 is 2.69 bits per heavy atom. The molecule has 0 fully saturated rings. The molecule has 0 amide bonds. The smallest absolute Gasteiger partial charge is 0.218 e. The number of halogens is 1. The van der Waals surface area contributed by atoms with Crippen LogP contribution in [0.5, 0.6) is 0 Å². The minimum atomic E-state index is 0.567. The molecule has 1 aromatic carbocycles. The highest BCUT2D eigenvalue weighted by molar-refractivity contribution is 9.10. The molecule has 78 valence electrons. The van der Waals surface area contributed by atoms with Crippen molar-refractivity contribution >= 4 is 21.6 Å². The van der Waals surface area contributed by atoms with Crippen LogP contribution in [0.1, 0.15) is 0 Å². The molecular weight excluding hydrogens is 268 g/mol. The van der Waals surface area contributed by atoms with E-state index in [4.69, 9.17) is 0 Å². The number of hydrogen-bond acceptors (Lipinski definition) is 3. The Kier molecular flexibility index (Phi) is 2.18. The summed E-state index contributed by atoms with van der Waals surface area (Å²) >= 11 is 3.26. The standard InChI is InChI=1S/C11H7BrN4/c12-11-14-10-7-13-6-9(16(10)15-11)8-4-2-1-3-5-8/h1-7H. The van der Waals surface area contributed by atoms with Crippen molar-refractivity contribution < 1.29 is 0 Å². The first-order valence-electron chi connectivity index (χ1n) is 4.76. The summed E-state index contributed by atoms with van der Waals surface area (Å²) in [6, 6.07) is 9.99. The molecule has 0 aliphatic rings. The van der Waals surface area contributed by atoms with Crippen molar-refractivity contribution in [3.05, 3.63) is 47.5 Å². The van der Waals surface area contributed by atoms with Gasteiger partial charge in [0.1, 0.15) is 0 Å². The van der Waals surface area contributed by atoms with E-state index in [1.807, 2.05) is 30.3 Å². The second-order valence-corrected chi connectivity index (χ2v) is 4.02. The normalized spacial score (nSPS) is 10.8. The lowest BCUT2D eigenvalue weighted by atomic mass is 10.2. The topological polar surface area (TPSA) is 43.1 Å². The number of aromatic nitrogens is 4. The van der Waals surface area contributed by atoms with Gasteiger partial charge in [0.2, 0.25) is 4.73 Å². The lowest BCUT2D eigenvalue weighted by Gasteiger charge is -2.02. The molecule has 16 heavy (non-hydrogen) atoms. The number of fused-ring (bicyclic) bond motifs is 1. The summed E-state index contributed by atoms with van der Waals surface area (Å²) < 4.78 is 2.34. The summed E-state index contributed by atoms with van der Waals surface area (Å²) in [4.78, 5) is 8.36. The Morgan fingerprint density at radius 1 is 1.06 bits per heavy atom. The molecule has 0 atom stereocenters. The van der Waals surface area contributed by atoms with Crippen LogP contribution in [0, 0.1) is 0 Å². The summed E-state index contributed by atoms with van der Waals surface area (Å²) in [5.41, 5.74) is 2.72. The van der Waals surface area contributed by atoms with Crippen LogP contribution >= 0.6 is 15.9 Å². The van der Waals surface area contributed by atoms with E-state index in [-0.39, 0.29) is 0 Å². The molecule has 0 aliphatic heterocycles. The van der Waals surface area contributed by atoms with Crippen LogP contribution in [0.3, 0.4) is 0 Å². The van der Waals surface area contributed by atoms with E-state index < -0.39 is 0 Å². The predicted molar refractivity (Wildman–Crippen MR) is 63.9 cm³/mol. The molecule has 0 N–H and O–H groups in total. The minimum Gasteiger partial charge on any atom is -0.259 e. The molecule has 3 rings (SSSR count). The van der Waals surface area contributed by atoms with Crippen molar-refractivity contribution in [1.82, 2.24) is 19.6 Å². The SMILES string of the molecule is Brc1nc2cncc(-c3ccccc3)n2n1. The number of nitrogens with zero attached hydrogens (tertiary/aromatic N) is 4. The average molecular weight is 275 g/mol. The molecule has 4 nitrogen and oxygen atoms in total. The molecule has 0 radical (unpaired) electrons. The zero-order chi connectivity index (χ0) is 11.0. The fraction of sp³-hybridized carbons (Fsp3) is 0. The van der Waals surface area contributed by atoms with E-state index in [0.29, 0.717) is 4.73 Å². The Balaban J connectivity index is 2.31. The van der Waals surface area contributed by atoms with Crippen LogP contribution in [0.2, 0.25) is 0 Å². The first-order valence-corrected chi connectivity index (χ1v) is 5.55. The molecular formula is C11H7BrN4. The Morgan fingerprint density at radius 2 is 1.88 bits per heavy atom. The molecule has 2 aromatic heterocycles. The van der Waals surface area contributed by atoms with Gasteiger partial charge in [-0.25, -0.2) is 4.52 Å². The fourth-order valence-corrected chi connectivity index (χ4v) is 1.93. The summed E-state index contributed by atoms with van der Waals surface area (Å²) in [7, 11) is 0. The van der Waals surface area contributed by atoms with E-state index >= 15 is 0 Å². The van der Waals surface area contributed by atoms with Crippen LogP contribution < -0.4 is 0 Å². The molecule has 0 saturated heterocycles. The number of hydrogen-bond donors (Lipinski definition) is 0. The highest BCUT2D eigenvalue weighted by Gasteiger charge is 2.07. The van der Waals surface area contributed by atoms with Gasteiger partial charge < -0.3 is 0 Å². The second-order valence-electron chi connectivity index (χ2n) is 3.31. The molecule has 0 unspecified atom stereocenters. The van der Waals surface area contributed by atoms with Crippen molar-refractivity contribution in [2.24, 2.45) is 0 Å². The molecule has 5 heteroatoms. The van der Waals surface area contributed by atoms with Gasteiger partial charge in [-0.3, -0.25) is 4.98 Å². The molecule has 0 spiro atoms. The maximum atomic E-state index is 4.27. The van der Waals surface area contributed by atoms with Gasteiger partial charge in [-0.2, -0.15) is 4.98 Å². The van der Waals surface area contributed by atoms with Crippen molar-refractivity contribution in [2.75, 3.05) is 0 Å². The minimum absolute atomic E-state index is 0.567. The Labute approximate surface area is 100 Å². The van der Waals surface area contributed by atoms with Gasteiger partial charge in [0.05, 0.1) is 18.1 Å². The summed E-state index contributed by atoms with van der Waals surface area (Å²) in [6.07, 6.45) is 3.47. The van der Waals surface area contributed by atoms with E-state index in [9.17, 15) is 0 Å². The zero-order valence-electron chi connectivity index (χ0n) is 8.21. The van der Waals surface area contributed by atoms with Gasteiger partial charge in [0.15, 0.2) is 5.65 Å². The van der Waals surface area contributed by atoms with E-state index in [0.717, 1.165) is 16.9 Å². The zero-order valence-corrected chi connectivity index (χ0v) is 9.79. The highest BCUT2D eigenvalue weighted by Crippen LogP contribution is 2.19. The number of rotatable bonds is 1. The van der Waals surface area contributed by atoms with E-state index in [2.05, 4.69) is 31.0 Å². The molecule has 0 bridgehead atoms. The second kappa shape index (κ2) is 3.68. The lowest BCUT2D eigenvalue weighted by molar-refractivity contribution is 0.941. The third-order valence-electron chi connectivity index (χ3n) is 2.29. The number of benzene rings is 1. The summed E-state index contributed by atoms with van der Waals surface area (Å²) in [5.74, 6) is 0. The fourth-order valence-electron chi connectivity index (χ4n) is 1.59. The van der Waals surface area contributed by atoms with Gasteiger partial charge in [-0.05, 0) is 15.9 Å². The van der Waals surface area contributed by atoms with Crippen LogP contribution in [0.25, 0.3) is 16.9 Å². The van der Waals surface area contributed by atoms with Crippen LogP contribution in [0.4, 0.5) is 0 Å².